The number of hydrogen-bond acceptors (Lipinski definition) is 3. The van der Waals surface area contributed by atoms with Crippen molar-refractivity contribution in [2.24, 2.45) is 4.99 Å². The molecule has 1 aromatic heterocycles. The first kappa shape index (κ1) is 14.6. The summed E-state index contributed by atoms with van der Waals surface area (Å²) in [6.07, 6.45) is 4.93. The lowest BCUT2D eigenvalue weighted by molar-refractivity contribution is 0.502. The van der Waals surface area contributed by atoms with Crippen molar-refractivity contribution in [2.45, 2.75) is 38.5 Å². The van der Waals surface area contributed by atoms with Crippen molar-refractivity contribution in [1.82, 2.24) is 4.90 Å². The molecule has 1 atom stereocenters. The van der Waals surface area contributed by atoms with E-state index >= 15 is 0 Å². The van der Waals surface area contributed by atoms with E-state index in [0.717, 1.165) is 29.8 Å². The van der Waals surface area contributed by atoms with Gasteiger partial charge in [-0.05, 0) is 33.1 Å². The average Bonchev–Trinajstić information content (AvgIpc) is 2.76. The van der Waals surface area contributed by atoms with E-state index in [0.29, 0.717) is 5.56 Å². The smallest absolute Gasteiger partial charge is 0.136 e. The van der Waals surface area contributed by atoms with Gasteiger partial charge < -0.3 is 4.90 Å². The Balaban J connectivity index is 2.59. The van der Waals surface area contributed by atoms with Crippen molar-refractivity contribution in [2.75, 3.05) is 14.1 Å². The summed E-state index contributed by atoms with van der Waals surface area (Å²) in [4.78, 5) is 7.62. The van der Waals surface area contributed by atoms with E-state index in [1.54, 1.807) is 17.7 Å². The first-order chi connectivity index (χ1) is 9.51. The van der Waals surface area contributed by atoms with E-state index in [-0.39, 0.29) is 5.41 Å². The van der Waals surface area contributed by atoms with Gasteiger partial charge in [0, 0.05) is 24.5 Å². The second kappa shape index (κ2) is 5.69. The van der Waals surface area contributed by atoms with Crippen molar-refractivity contribution in [3.63, 3.8) is 0 Å². The Kier molecular flexibility index (Phi) is 4.16. The molecule has 1 heterocycles. The molecular formula is C16H19N3S. The lowest BCUT2D eigenvalue weighted by Gasteiger charge is -2.29. The zero-order valence-electron chi connectivity index (χ0n) is 12.4. The van der Waals surface area contributed by atoms with E-state index < -0.39 is 0 Å². The zero-order valence-corrected chi connectivity index (χ0v) is 13.3. The molecular weight excluding hydrogens is 266 g/mol. The molecule has 0 fully saturated rings. The Hall–Kier alpha value is -1.78. The quantitative estimate of drug-likeness (QED) is 0.474. The predicted molar refractivity (Wildman–Crippen MR) is 84.6 cm³/mol. The van der Waals surface area contributed by atoms with Gasteiger partial charge in [0.1, 0.15) is 11.1 Å². The Morgan fingerprint density at radius 1 is 1.45 bits per heavy atom. The Bertz CT molecular complexity index is 637. The summed E-state index contributed by atoms with van der Waals surface area (Å²) in [5, 5.41) is 10.4. The summed E-state index contributed by atoms with van der Waals surface area (Å²) in [6, 6.07) is 2.35. The molecule has 104 valence electrons. The van der Waals surface area contributed by atoms with Gasteiger partial charge in [0.25, 0.3) is 0 Å². The zero-order chi connectivity index (χ0) is 14.8. The predicted octanol–water partition coefficient (Wildman–Crippen LogP) is 3.46. The highest BCUT2D eigenvalue weighted by Gasteiger charge is 2.36. The van der Waals surface area contributed by atoms with Gasteiger partial charge in [-0.25, -0.2) is 4.99 Å². The second-order valence-corrected chi connectivity index (χ2v) is 6.54. The standard InChI is InChI=1S/C16H19N3S/c1-5-8-16(2)9-6-7-13-14(16)12(10-17)15(20-13)18-11-19(3)4/h11H,6-7,9H2,1-4H3/b18-11+. The minimum Gasteiger partial charge on any atom is -0.369 e. The highest BCUT2D eigenvalue weighted by molar-refractivity contribution is 7.16. The lowest BCUT2D eigenvalue weighted by Crippen LogP contribution is -2.25. The number of rotatable bonds is 2. The molecule has 20 heavy (non-hydrogen) atoms. The van der Waals surface area contributed by atoms with Crippen molar-refractivity contribution >= 4 is 22.7 Å². The Morgan fingerprint density at radius 3 is 2.80 bits per heavy atom. The molecule has 0 saturated heterocycles. The molecule has 1 aliphatic rings. The van der Waals surface area contributed by atoms with Crippen molar-refractivity contribution < 1.29 is 0 Å². The number of aliphatic imine (C=N–C) groups is 1. The van der Waals surface area contributed by atoms with Gasteiger partial charge in [-0.1, -0.05) is 5.92 Å². The van der Waals surface area contributed by atoms with Crippen molar-refractivity contribution in [3.8, 4) is 17.9 Å². The maximum absolute atomic E-state index is 9.55. The largest absolute Gasteiger partial charge is 0.369 e. The number of hydrogen-bond donors (Lipinski definition) is 0. The lowest BCUT2D eigenvalue weighted by atomic mass is 9.73. The summed E-state index contributed by atoms with van der Waals surface area (Å²) in [5.74, 6) is 6.34. The molecule has 1 unspecified atom stereocenters. The third-order valence-corrected chi connectivity index (χ3v) is 4.67. The minimum absolute atomic E-state index is 0.199. The van der Waals surface area contributed by atoms with Crippen LogP contribution >= 0.6 is 11.3 Å². The van der Waals surface area contributed by atoms with E-state index in [1.165, 1.54) is 4.88 Å². The van der Waals surface area contributed by atoms with Crippen LogP contribution in [0, 0.1) is 23.2 Å². The van der Waals surface area contributed by atoms with Crippen LogP contribution < -0.4 is 0 Å². The average molecular weight is 285 g/mol. The topological polar surface area (TPSA) is 39.4 Å². The highest BCUT2D eigenvalue weighted by atomic mass is 32.1. The van der Waals surface area contributed by atoms with Crippen LogP contribution in [-0.4, -0.2) is 25.3 Å². The monoisotopic (exact) mass is 285 g/mol. The van der Waals surface area contributed by atoms with Gasteiger partial charge in [-0.3, -0.25) is 0 Å². The molecule has 0 aliphatic heterocycles. The molecule has 0 N–H and O–H groups in total. The summed E-state index contributed by atoms with van der Waals surface area (Å²) in [7, 11) is 3.85. The molecule has 0 aromatic carbocycles. The summed E-state index contributed by atoms with van der Waals surface area (Å²) in [6.45, 7) is 4.01. The normalized spacial score (nSPS) is 20.9. The third-order valence-electron chi connectivity index (χ3n) is 3.51. The van der Waals surface area contributed by atoms with Crippen LogP contribution in [0.5, 0.6) is 0 Å². The summed E-state index contributed by atoms with van der Waals surface area (Å²) < 4.78 is 0. The number of aryl methyl sites for hydroxylation is 1. The number of nitrogens with zero attached hydrogens (tertiary/aromatic N) is 3. The number of thiophene rings is 1. The number of fused-ring (bicyclic) bond motifs is 1. The molecule has 1 aromatic rings. The van der Waals surface area contributed by atoms with Crippen LogP contribution in [0.15, 0.2) is 4.99 Å². The van der Waals surface area contributed by atoms with Crippen LogP contribution in [-0.2, 0) is 11.8 Å². The molecule has 2 rings (SSSR count). The van der Waals surface area contributed by atoms with Gasteiger partial charge in [-0.15, -0.1) is 17.3 Å². The Labute approximate surface area is 124 Å². The molecule has 0 radical (unpaired) electrons. The van der Waals surface area contributed by atoms with E-state index in [4.69, 9.17) is 0 Å². The van der Waals surface area contributed by atoms with Crippen molar-refractivity contribution in [1.29, 1.82) is 5.26 Å². The summed E-state index contributed by atoms with van der Waals surface area (Å²) >= 11 is 1.64. The fourth-order valence-corrected chi connectivity index (χ4v) is 3.97. The first-order valence-electron chi connectivity index (χ1n) is 6.72. The van der Waals surface area contributed by atoms with E-state index in [1.807, 2.05) is 25.9 Å². The van der Waals surface area contributed by atoms with Gasteiger partial charge in [0.2, 0.25) is 0 Å². The molecule has 0 amide bonds. The van der Waals surface area contributed by atoms with Gasteiger partial charge in [0.05, 0.1) is 17.3 Å². The maximum Gasteiger partial charge on any atom is 0.136 e. The molecule has 3 nitrogen and oxygen atoms in total. The SMILES string of the molecule is CC#CC1(C)CCCc2sc(/N=C/N(C)C)c(C#N)c21. The second-order valence-electron chi connectivity index (χ2n) is 5.46. The maximum atomic E-state index is 9.55. The van der Waals surface area contributed by atoms with E-state index in [9.17, 15) is 5.26 Å². The molecule has 1 aliphatic carbocycles. The molecule has 0 saturated carbocycles. The van der Waals surface area contributed by atoms with Gasteiger partial charge in [-0.2, -0.15) is 5.26 Å². The van der Waals surface area contributed by atoms with Gasteiger partial charge in [0.15, 0.2) is 0 Å². The van der Waals surface area contributed by atoms with E-state index in [2.05, 4.69) is 29.8 Å². The van der Waals surface area contributed by atoms with Crippen molar-refractivity contribution in [3.05, 3.63) is 16.0 Å². The minimum atomic E-state index is -0.199. The molecule has 0 spiro atoms. The van der Waals surface area contributed by atoms with Crippen LogP contribution in [0.25, 0.3) is 0 Å². The fourth-order valence-electron chi connectivity index (χ4n) is 2.72. The van der Waals surface area contributed by atoms with Crippen LogP contribution in [0.3, 0.4) is 0 Å². The van der Waals surface area contributed by atoms with Crippen LogP contribution in [0.2, 0.25) is 0 Å². The van der Waals surface area contributed by atoms with Crippen LogP contribution in [0.1, 0.15) is 42.7 Å². The van der Waals surface area contributed by atoms with Gasteiger partial charge >= 0.3 is 0 Å². The number of nitriles is 1. The Morgan fingerprint density at radius 2 is 2.20 bits per heavy atom. The fraction of sp³-hybridized carbons (Fsp3) is 0.500. The summed E-state index contributed by atoms with van der Waals surface area (Å²) in [5.41, 5.74) is 1.64. The molecule has 0 bridgehead atoms. The molecule has 4 heteroatoms. The van der Waals surface area contributed by atoms with Crippen LogP contribution in [0.4, 0.5) is 5.00 Å². The first-order valence-corrected chi connectivity index (χ1v) is 7.54. The third kappa shape index (κ3) is 2.57. The highest BCUT2D eigenvalue weighted by Crippen LogP contribution is 2.47.